The van der Waals surface area contributed by atoms with Gasteiger partial charge in [-0.1, -0.05) is 13.3 Å². The van der Waals surface area contributed by atoms with Crippen molar-refractivity contribution in [2.75, 3.05) is 19.8 Å². The second-order valence-electron chi connectivity index (χ2n) is 2.55. The fraction of sp³-hybridized carbons (Fsp3) is 0.875. The fourth-order valence-corrected chi connectivity index (χ4v) is 0.518. The predicted molar refractivity (Wildman–Crippen MR) is 49.5 cm³/mol. The summed E-state index contributed by atoms with van der Waals surface area (Å²) in [7, 11) is 0. The number of carbonyl (C=O) groups is 1. The van der Waals surface area contributed by atoms with Crippen LogP contribution in [0.2, 0.25) is 0 Å². The highest BCUT2D eigenvalue weighted by Gasteiger charge is 1.99. The van der Waals surface area contributed by atoms with Gasteiger partial charge in [0.1, 0.15) is 6.10 Å². The summed E-state index contributed by atoms with van der Waals surface area (Å²) in [6, 6.07) is 0. The monoisotopic (exact) mass is 210 g/mol. The smallest absolute Gasteiger partial charge is 0.450 e. The molecule has 0 amide bonds. The van der Waals surface area contributed by atoms with Gasteiger partial charge in [0.25, 0.3) is 0 Å². The minimum atomic E-state index is -1.83. The molecule has 1 atom stereocenters. The van der Waals surface area contributed by atoms with E-state index in [1.54, 1.807) is 0 Å². The third-order valence-corrected chi connectivity index (χ3v) is 1.16. The van der Waals surface area contributed by atoms with Crippen LogP contribution in [0.1, 0.15) is 19.8 Å². The topological polar surface area (TPSA) is 107 Å². The first-order valence-electron chi connectivity index (χ1n) is 4.33. The Hall–Kier alpha value is -0.850. The molecule has 4 N–H and O–H groups in total. The zero-order valence-electron chi connectivity index (χ0n) is 8.22. The van der Waals surface area contributed by atoms with Gasteiger partial charge in [-0.2, -0.15) is 0 Å². The number of carboxylic acid groups (broad SMARTS) is 2. The van der Waals surface area contributed by atoms with Crippen LogP contribution in [0.5, 0.6) is 0 Å². The van der Waals surface area contributed by atoms with E-state index in [1.807, 2.05) is 0 Å². The number of hydrogen-bond donors (Lipinski definition) is 4. The molecule has 0 aliphatic rings. The summed E-state index contributed by atoms with van der Waals surface area (Å²) in [5.74, 6) is 0. The average molecular weight is 210 g/mol. The summed E-state index contributed by atoms with van der Waals surface area (Å²) in [6.45, 7) is 2.78. The Morgan fingerprint density at radius 1 is 1.43 bits per heavy atom. The molecule has 0 radical (unpaired) electrons. The molecule has 0 aromatic heterocycles. The third-order valence-electron chi connectivity index (χ3n) is 1.16. The number of unbranched alkanes of at least 4 members (excludes halogenated alkanes) is 1. The molecule has 0 fully saturated rings. The molecule has 1 unspecified atom stereocenters. The lowest BCUT2D eigenvalue weighted by atomic mass is 10.3. The summed E-state index contributed by atoms with van der Waals surface area (Å²) in [6.07, 6.45) is -0.440. The summed E-state index contributed by atoms with van der Waals surface area (Å²) >= 11 is 0. The largest absolute Gasteiger partial charge is 0.503 e. The molecule has 0 spiro atoms. The molecule has 14 heavy (non-hydrogen) atoms. The van der Waals surface area contributed by atoms with Crippen molar-refractivity contribution in [2.24, 2.45) is 0 Å². The van der Waals surface area contributed by atoms with Gasteiger partial charge < -0.3 is 25.2 Å². The third kappa shape index (κ3) is 22.5. The molecule has 0 saturated heterocycles. The maximum atomic E-state index is 8.78. The van der Waals surface area contributed by atoms with Crippen molar-refractivity contribution in [3.8, 4) is 0 Å². The number of ether oxygens (including phenoxy) is 1. The van der Waals surface area contributed by atoms with Crippen molar-refractivity contribution in [2.45, 2.75) is 25.9 Å². The Balaban J connectivity index is 0. The molecule has 0 bridgehead atoms. The fourth-order valence-electron chi connectivity index (χ4n) is 0.518. The lowest BCUT2D eigenvalue weighted by Crippen LogP contribution is -2.19. The van der Waals surface area contributed by atoms with Gasteiger partial charge in [-0.05, 0) is 6.42 Å². The molecular weight excluding hydrogens is 192 g/mol. The van der Waals surface area contributed by atoms with E-state index in [0.29, 0.717) is 6.61 Å². The average Bonchev–Trinajstić information content (AvgIpc) is 2.11. The van der Waals surface area contributed by atoms with Crippen LogP contribution in [0.3, 0.4) is 0 Å². The summed E-state index contributed by atoms with van der Waals surface area (Å²) in [4.78, 5) is 8.56. The van der Waals surface area contributed by atoms with Crippen molar-refractivity contribution in [3.63, 3.8) is 0 Å². The molecular formula is C8H18O6. The van der Waals surface area contributed by atoms with Crippen LogP contribution >= 0.6 is 0 Å². The summed E-state index contributed by atoms with van der Waals surface area (Å²) in [5.41, 5.74) is 0. The number of aliphatic hydroxyl groups excluding tert-OH is 2. The summed E-state index contributed by atoms with van der Waals surface area (Å²) < 4.78 is 5.02. The maximum Gasteiger partial charge on any atom is 0.503 e. The van der Waals surface area contributed by atoms with Crippen molar-refractivity contribution >= 4 is 6.16 Å². The van der Waals surface area contributed by atoms with Crippen molar-refractivity contribution < 1.29 is 30.0 Å². The van der Waals surface area contributed by atoms with E-state index in [1.165, 1.54) is 0 Å². The van der Waals surface area contributed by atoms with Crippen LogP contribution in [0.15, 0.2) is 0 Å². The second kappa shape index (κ2) is 12.2. The minimum Gasteiger partial charge on any atom is -0.450 e. The normalized spacial score (nSPS) is 11.4. The second-order valence-corrected chi connectivity index (χ2v) is 2.55. The Morgan fingerprint density at radius 2 is 1.93 bits per heavy atom. The zero-order chi connectivity index (χ0) is 11.4. The Kier molecular flexibility index (Phi) is 13.6. The molecule has 86 valence electrons. The Bertz CT molecular complexity index is 123. The molecule has 0 heterocycles. The van der Waals surface area contributed by atoms with Crippen LogP contribution in [-0.2, 0) is 4.74 Å². The molecule has 0 rings (SSSR count). The lowest BCUT2D eigenvalue weighted by molar-refractivity contribution is 0.00557. The SMILES string of the molecule is CCCCOCC(O)CO.O=C(O)O. The van der Waals surface area contributed by atoms with Crippen molar-refractivity contribution in [1.29, 1.82) is 0 Å². The van der Waals surface area contributed by atoms with Gasteiger partial charge in [0.2, 0.25) is 0 Å². The molecule has 0 aliphatic heterocycles. The van der Waals surface area contributed by atoms with E-state index in [0.717, 1.165) is 12.8 Å². The van der Waals surface area contributed by atoms with E-state index in [4.69, 9.17) is 30.0 Å². The molecule has 0 saturated carbocycles. The van der Waals surface area contributed by atoms with Crippen molar-refractivity contribution in [1.82, 2.24) is 0 Å². The Morgan fingerprint density at radius 3 is 2.29 bits per heavy atom. The maximum absolute atomic E-state index is 8.78. The minimum absolute atomic E-state index is 0.216. The van der Waals surface area contributed by atoms with Crippen LogP contribution in [0.4, 0.5) is 4.79 Å². The first-order valence-corrected chi connectivity index (χ1v) is 4.33. The van der Waals surface area contributed by atoms with Crippen LogP contribution in [0.25, 0.3) is 0 Å². The quantitative estimate of drug-likeness (QED) is 0.472. The summed E-state index contributed by atoms with van der Waals surface area (Å²) in [5, 5.41) is 31.1. The Labute approximate surface area is 82.8 Å². The van der Waals surface area contributed by atoms with Gasteiger partial charge in [0, 0.05) is 6.61 Å². The van der Waals surface area contributed by atoms with Crippen LogP contribution in [-0.4, -0.2) is 52.5 Å². The highest BCUT2D eigenvalue weighted by molar-refractivity contribution is 5.53. The van der Waals surface area contributed by atoms with E-state index >= 15 is 0 Å². The lowest BCUT2D eigenvalue weighted by Gasteiger charge is -2.06. The zero-order valence-corrected chi connectivity index (χ0v) is 8.22. The number of hydrogen-bond acceptors (Lipinski definition) is 4. The van der Waals surface area contributed by atoms with E-state index in [-0.39, 0.29) is 13.2 Å². The molecule has 6 heteroatoms. The van der Waals surface area contributed by atoms with Crippen LogP contribution in [0, 0.1) is 0 Å². The standard InChI is InChI=1S/C7H16O3.CH2O3/c1-2-3-4-10-6-7(9)5-8;2-1(3)4/h7-9H,2-6H2,1H3;(H2,2,3,4). The van der Waals surface area contributed by atoms with Gasteiger partial charge in [-0.3, -0.25) is 0 Å². The molecule has 6 nitrogen and oxygen atoms in total. The highest BCUT2D eigenvalue weighted by atomic mass is 16.6. The van der Waals surface area contributed by atoms with E-state index in [2.05, 4.69) is 6.92 Å². The van der Waals surface area contributed by atoms with E-state index in [9.17, 15) is 0 Å². The van der Waals surface area contributed by atoms with Crippen LogP contribution < -0.4 is 0 Å². The number of aliphatic hydroxyl groups is 2. The molecule has 0 aromatic rings. The van der Waals surface area contributed by atoms with Gasteiger partial charge in [0.05, 0.1) is 13.2 Å². The predicted octanol–water partition coefficient (Wildman–Crippen LogP) is 0.379. The van der Waals surface area contributed by atoms with Gasteiger partial charge >= 0.3 is 6.16 Å². The highest BCUT2D eigenvalue weighted by Crippen LogP contribution is 1.89. The van der Waals surface area contributed by atoms with E-state index < -0.39 is 12.3 Å². The first-order chi connectivity index (χ1) is 6.54. The van der Waals surface area contributed by atoms with Gasteiger partial charge in [-0.25, -0.2) is 4.79 Å². The first kappa shape index (κ1) is 15.6. The molecule has 0 aromatic carbocycles. The molecule has 0 aliphatic carbocycles. The van der Waals surface area contributed by atoms with Gasteiger partial charge in [0.15, 0.2) is 0 Å². The van der Waals surface area contributed by atoms with Gasteiger partial charge in [-0.15, -0.1) is 0 Å². The number of rotatable bonds is 6. The van der Waals surface area contributed by atoms with Crippen molar-refractivity contribution in [3.05, 3.63) is 0 Å².